The highest BCUT2D eigenvalue weighted by Gasteiger charge is 2.53. The molecule has 7 heteroatoms. The van der Waals surface area contributed by atoms with Gasteiger partial charge in [-0.05, 0) is 12.8 Å². The lowest BCUT2D eigenvalue weighted by Crippen LogP contribution is -2.66. The minimum absolute atomic E-state index is 0.0361. The Morgan fingerprint density at radius 2 is 2.15 bits per heavy atom. The standard InChI is InChI=1S/C13H15N3O4/c1-14-9-6-20-13(3-4-13)7-15(9)12(19)10-11(18)8(17)2-5-16(10)14/h2,5,9,18H,3-4,6-7H2,1H3. The molecule has 0 bridgehead atoms. The Balaban J connectivity index is 1.84. The van der Waals surface area contributed by atoms with Gasteiger partial charge in [-0.1, -0.05) is 0 Å². The Labute approximate surface area is 114 Å². The van der Waals surface area contributed by atoms with Crippen molar-refractivity contribution >= 4 is 5.91 Å². The lowest BCUT2D eigenvalue weighted by molar-refractivity contribution is -0.0755. The van der Waals surface area contributed by atoms with Gasteiger partial charge in [-0.2, -0.15) is 0 Å². The maximum Gasteiger partial charge on any atom is 0.278 e. The van der Waals surface area contributed by atoms with Crippen LogP contribution in [0.5, 0.6) is 5.75 Å². The summed E-state index contributed by atoms with van der Waals surface area (Å²) in [6, 6.07) is 1.25. The van der Waals surface area contributed by atoms with Gasteiger partial charge in [-0.3, -0.25) is 19.3 Å². The van der Waals surface area contributed by atoms with Gasteiger partial charge in [0.05, 0.1) is 18.8 Å². The van der Waals surface area contributed by atoms with Crippen LogP contribution in [0.1, 0.15) is 23.3 Å². The van der Waals surface area contributed by atoms with Crippen molar-refractivity contribution in [3.05, 3.63) is 28.2 Å². The summed E-state index contributed by atoms with van der Waals surface area (Å²) in [5.41, 5.74) is -0.695. The van der Waals surface area contributed by atoms with Crippen LogP contribution < -0.4 is 10.4 Å². The fourth-order valence-corrected chi connectivity index (χ4v) is 3.02. The number of aromatic nitrogens is 1. The molecule has 3 heterocycles. The topological polar surface area (TPSA) is 75.0 Å². The van der Waals surface area contributed by atoms with E-state index in [1.165, 1.54) is 16.9 Å². The third kappa shape index (κ3) is 1.38. The fraction of sp³-hybridized carbons (Fsp3) is 0.538. The van der Waals surface area contributed by atoms with Crippen molar-refractivity contribution in [3.8, 4) is 5.75 Å². The molecule has 3 aliphatic rings. The molecule has 1 aromatic rings. The number of likely N-dealkylation sites (N-methyl/N-ethyl adjacent to an activating group) is 1. The molecule has 1 saturated carbocycles. The largest absolute Gasteiger partial charge is 0.502 e. The Kier molecular flexibility index (Phi) is 2.09. The van der Waals surface area contributed by atoms with Gasteiger partial charge >= 0.3 is 0 Å². The first kappa shape index (κ1) is 11.8. The SMILES string of the molecule is CN1C2COC3(CC3)CN2C(=O)c2c(O)c(=O)ccn21. The molecule has 1 atom stereocenters. The van der Waals surface area contributed by atoms with Crippen molar-refractivity contribution in [1.82, 2.24) is 9.58 Å². The van der Waals surface area contributed by atoms with Gasteiger partial charge in [-0.15, -0.1) is 0 Å². The molecule has 2 fully saturated rings. The molecule has 2 aliphatic heterocycles. The molecule has 1 aliphatic carbocycles. The van der Waals surface area contributed by atoms with Crippen molar-refractivity contribution in [2.45, 2.75) is 24.6 Å². The first-order valence-corrected chi connectivity index (χ1v) is 6.65. The molecule has 7 nitrogen and oxygen atoms in total. The monoisotopic (exact) mass is 277 g/mol. The predicted molar refractivity (Wildman–Crippen MR) is 69.2 cm³/mol. The Hall–Kier alpha value is -2.02. The lowest BCUT2D eigenvalue weighted by atomic mass is 10.1. The summed E-state index contributed by atoms with van der Waals surface area (Å²) in [5.74, 6) is -0.794. The second-order valence-corrected chi connectivity index (χ2v) is 5.70. The molecule has 1 aromatic heterocycles. The number of nitrogens with zero attached hydrogens (tertiary/aromatic N) is 3. The van der Waals surface area contributed by atoms with Crippen molar-refractivity contribution in [1.29, 1.82) is 0 Å². The van der Waals surface area contributed by atoms with E-state index in [1.807, 2.05) is 12.1 Å². The molecule has 0 radical (unpaired) electrons. The smallest absolute Gasteiger partial charge is 0.278 e. The molecule has 20 heavy (non-hydrogen) atoms. The van der Waals surface area contributed by atoms with Gasteiger partial charge in [0, 0.05) is 19.3 Å². The highest BCUT2D eigenvalue weighted by molar-refractivity contribution is 5.96. The Morgan fingerprint density at radius 3 is 2.85 bits per heavy atom. The molecule has 1 amide bonds. The quantitative estimate of drug-likeness (QED) is 0.690. The fourth-order valence-electron chi connectivity index (χ4n) is 3.02. The number of hydrogen-bond acceptors (Lipinski definition) is 5. The molecular formula is C13H15N3O4. The zero-order chi connectivity index (χ0) is 14.1. The van der Waals surface area contributed by atoms with Crippen LogP contribution >= 0.6 is 0 Å². The van der Waals surface area contributed by atoms with Gasteiger partial charge in [0.15, 0.2) is 11.4 Å². The lowest BCUT2D eigenvalue weighted by Gasteiger charge is -2.48. The number of pyridine rings is 1. The third-order valence-corrected chi connectivity index (χ3v) is 4.45. The molecule has 1 spiro atoms. The normalized spacial score (nSPS) is 26.4. The zero-order valence-corrected chi connectivity index (χ0v) is 11.1. The molecule has 1 unspecified atom stereocenters. The molecule has 0 aromatic carbocycles. The van der Waals surface area contributed by atoms with Gasteiger partial charge in [-0.25, -0.2) is 0 Å². The van der Waals surface area contributed by atoms with Crippen molar-refractivity contribution in [2.75, 3.05) is 25.2 Å². The van der Waals surface area contributed by atoms with E-state index in [1.54, 1.807) is 4.90 Å². The summed E-state index contributed by atoms with van der Waals surface area (Å²) in [7, 11) is 1.81. The van der Waals surface area contributed by atoms with Crippen LogP contribution in [-0.2, 0) is 4.74 Å². The van der Waals surface area contributed by atoms with Crippen molar-refractivity contribution in [3.63, 3.8) is 0 Å². The minimum Gasteiger partial charge on any atom is -0.502 e. The Morgan fingerprint density at radius 1 is 1.40 bits per heavy atom. The number of rotatable bonds is 0. The number of hydrogen-bond donors (Lipinski definition) is 1. The van der Waals surface area contributed by atoms with Gasteiger partial charge < -0.3 is 14.7 Å². The van der Waals surface area contributed by atoms with Gasteiger partial charge in [0.1, 0.15) is 6.17 Å². The second-order valence-electron chi connectivity index (χ2n) is 5.70. The number of fused-ring (bicyclic) bond motifs is 2. The summed E-state index contributed by atoms with van der Waals surface area (Å²) in [6.45, 7) is 0.956. The second kappa shape index (κ2) is 3.54. The average Bonchev–Trinajstić information content (AvgIpc) is 3.18. The number of amides is 1. The zero-order valence-electron chi connectivity index (χ0n) is 11.1. The molecule has 1 saturated heterocycles. The minimum atomic E-state index is -0.536. The number of morpholine rings is 1. The van der Waals surface area contributed by atoms with E-state index in [0.717, 1.165) is 12.8 Å². The summed E-state index contributed by atoms with van der Waals surface area (Å²) < 4.78 is 7.38. The van der Waals surface area contributed by atoms with Crippen LogP contribution in [0.15, 0.2) is 17.1 Å². The number of carbonyl (C=O) groups is 1. The molecular weight excluding hydrogens is 262 g/mol. The number of aromatic hydroxyl groups is 1. The van der Waals surface area contributed by atoms with Crippen LogP contribution in [0.2, 0.25) is 0 Å². The molecule has 4 rings (SSSR count). The Bertz CT molecular complexity index is 664. The predicted octanol–water partition coefficient (Wildman–Crippen LogP) is -0.534. The van der Waals surface area contributed by atoms with Gasteiger partial charge in [0.2, 0.25) is 5.43 Å². The van der Waals surface area contributed by atoms with Gasteiger partial charge in [0.25, 0.3) is 5.91 Å². The van der Waals surface area contributed by atoms with E-state index in [9.17, 15) is 14.7 Å². The summed E-state index contributed by atoms with van der Waals surface area (Å²) in [5, 5.41) is 11.7. The third-order valence-electron chi connectivity index (χ3n) is 4.45. The summed E-state index contributed by atoms with van der Waals surface area (Å²) in [4.78, 5) is 25.9. The highest BCUT2D eigenvalue weighted by Crippen LogP contribution is 2.44. The molecule has 106 valence electrons. The maximum atomic E-state index is 12.6. The van der Waals surface area contributed by atoms with Crippen molar-refractivity contribution < 1.29 is 14.6 Å². The first-order valence-electron chi connectivity index (χ1n) is 6.65. The van der Waals surface area contributed by atoms with E-state index in [4.69, 9.17) is 4.74 Å². The van der Waals surface area contributed by atoms with E-state index in [2.05, 4.69) is 0 Å². The summed E-state index contributed by atoms with van der Waals surface area (Å²) in [6.07, 6.45) is 3.22. The average molecular weight is 277 g/mol. The van der Waals surface area contributed by atoms with Crippen molar-refractivity contribution in [2.24, 2.45) is 0 Å². The van der Waals surface area contributed by atoms with E-state index >= 15 is 0 Å². The maximum absolute atomic E-state index is 12.6. The number of ether oxygens (including phenoxy) is 1. The summed E-state index contributed by atoms with van der Waals surface area (Å²) >= 11 is 0. The van der Waals surface area contributed by atoms with Crippen LogP contribution in [0, 0.1) is 0 Å². The number of carbonyl (C=O) groups excluding carboxylic acids is 1. The highest BCUT2D eigenvalue weighted by atomic mass is 16.5. The van der Waals surface area contributed by atoms with Crippen LogP contribution in [0.25, 0.3) is 0 Å². The van der Waals surface area contributed by atoms with E-state index in [0.29, 0.717) is 13.2 Å². The van der Waals surface area contributed by atoms with Crippen LogP contribution in [0.3, 0.4) is 0 Å². The van der Waals surface area contributed by atoms with Crippen LogP contribution in [-0.4, -0.2) is 52.6 Å². The molecule has 1 N–H and O–H groups in total. The van der Waals surface area contributed by atoms with E-state index < -0.39 is 11.2 Å². The van der Waals surface area contributed by atoms with Crippen LogP contribution in [0.4, 0.5) is 0 Å². The first-order chi connectivity index (χ1) is 9.52. The van der Waals surface area contributed by atoms with E-state index in [-0.39, 0.29) is 23.4 Å².